The number of hydrogen-bond donors (Lipinski definition) is 2. The highest BCUT2D eigenvalue weighted by Crippen LogP contribution is 2.43. The number of alkyl halides is 3. The van der Waals surface area contributed by atoms with Crippen molar-refractivity contribution in [3.63, 3.8) is 0 Å². The van der Waals surface area contributed by atoms with Gasteiger partial charge in [0.1, 0.15) is 0 Å². The predicted octanol–water partition coefficient (Wildman–Crippen LogP) is 3.12. The zero-order valence-corrected chi connectivity index (χ0v) is 21.6. The number of halogens is 3. The molecule has 2 N–H and O–H groups in total. The van der Waals surface area contributed by atoms with Gasteiger partial charge in [0.2, 0.25) is 0 Å². The van der Waals surface area contributed by atoms with Crippen molar-refractivity contribution in [2.24, 2.45) is 0 Å². The van der Waals surface area contributed by atoms with Gasteiger partial charge in [-0.3, -0.25) is 0 Å². The number of nitrogens with one attached hydrogen (secondary N) is 2. The van der Waals surface area contributed by atoms with Gasteiger partial charge in [-0.15, -0.1) is 5.10 Å². The van der Waals surface area contributed by atoms with Crippen LogP contribution in [0, 0.1) is 0 Å². The number of nitrogens with zero attached hydrogens (tertiary/aromatic N) is 4. The highest BCUT2D eigenvalue weighted by atomic mass is 32.2. The molecule has 2 aliphatic heterocycles. The second-order valence-corrected chi connectivity index (χ2v) is 11.7. The molecule has 0 saturated carbocycles. The second-order valence-electron chi connectivity index (χ2n) is 9.78. The van der Waals surface area contributed by atoms with Crippen LogP contribution in [0.15, 0.2) is 41.3 Å². The van der Waals surface area contributed by atoms with Crippen LogP contribution < -0.4 is 5.32 Å². The number of rotatable bonds is 6. The number of ether oxygens (including phenoxy) is 1. The normalized spacial score (nSPS) is 20.1. The summed E-state index contributed by atoms with van der Waals surface area (Å²) in [6.45, 7) is 5.35. The van der Waals surface area contributed by atoms with Crippen molar-refractivity contribution in [2.75, 3.05) is 45.6 Å². The molecule has 38 heavy (non-hydrogen) atoms. The Labute approximate surface area is 218 Å². The van der Waals surface area contributed by atoms with E-state index in [-0.39, 0.29) is 17.5 Å². The van der Waals surface area contributed by atoms with Crippen LogP contribution in [0.4, 0.5) is 13.2 Å². The van der Waals surface area contributed by atoms with Gasteiger partial charge in [-0.1, -0.05) is 30.3 Å². The number of tetrazole rings is 1. The Bertz CT molecular complexity index is 1350. The number of hydrogen-bond acceptors (Lipinski definition) is 8. The fraction of sp³-hybridized carbons (Fsp3) is 0.480. The summed E-state index contributed by atoms with van der Waals surface area (Å²) in [7, 11) is -4.30. The summed E-state index contributed by atoms with van der Waals surface area (Å²) in [6.07, 6.45) is -1.92. The number of likely N-dealkylation sites (tertiary alicyclic amines) is 1. The lowest BCUT2D eigenvalue weighted by atomic mass is 9.87. The molecule has 5 rings (SSSR count). The van der Waals surface area contributed by atoms with Gasteiger partial charge in [-0.25, -0.2) is 13.5 Å². The zero-order valence-electron chi connectivity index (χ0n) is 20.8. The molecule has 13 heteroatoms. The average Bonchev–Trinajstić information content (AvgIpc) is 3.43. The molecule has 2 saturated heterocycles. The van der Waals surface area contributed by atoms with Crippen LogP contribution in [-0.4, -0.2) is 85.6 Å². The van der Waals surface area contributed by atoms with Crippen LogP contribution in [0.5, 0.6) is 0 Å². The lowest BCUT2D eigenvalue weighted by Crippen LogP contribution is -2.47. The lowest BCUT2D eigenvalue weighted by molar-refractivity contribution is -0.139. The number of aromatic amines is 1. The molecule has 2 aromatic carbocycles. The third-order valence-electron chi connectivity index (χ3n) is 7.16. The van der Waals surface area contributed by atoms with Crippen molar-refractivity contribution >= 4 is 9.84 Å². The average molecular weight is 551 g/mol. The summed E-state index contributed by atoms with van der Waals surface area (Å²) >= 11 is 0. The Hall–Kier alpha value is -2.87. The van der Waals surface area contributed by atoms with E-state index in [4.69, 9.17) is 4.74 Å². The molecule has 3 heterocycles. The molecule has 9 nitrogen and oxygen atoms in total. The number of H-pyrrole nitrogens is 1. The van der Waals surface area contributed by atoms with Crippen LogP contribution in [0.25, 0.3) is 22.5 Å². The lowest BCUT2D eigenvalue weighted by Gasteiger charge is -2.35. The van der Waals surface area contributed by atoms with Crippen molar-refractivity contribution in [2.45, 2.75) is 35.9 Å². The molecule has 0 amide bonds. The van der Waals surface area contributed by atoms with Gasteiger partial charge in [-0.05, 0) is 65.0 Å². The maximum Gasteiger partial charge on any atom is 0.417 e. The summed E-state index contributed by atoms with van der Waals surface area (Å²) in [4.78, 5) is 1.57. The van der Waals surface area contributed by atoms with Crippen molar-refractivity contribution in [1.82, 2.24) is 30.8 Å². The highest BCUT2D eigenvalue weighted by molar-refractivity contribution is 7.91. The van der Waals surface area contributed by atoms with E-state index in [1.165, 1.54) is 6.07 Å². The molecular weight excluding hydrogens is 521 g/mol. The fourth-order valence-electron chi connectivity index (χ4n) is 5.34. The Morgan fingerprint density at radius 3 is 2.42 bits per heavy atom. The predicted molar refractivity (Wildman–Crippen MR) is 134 cm³/mol. The number of aromatic nitrogens is 4. The highest BCUT2D eigenvalue weighted by Gasteiger charge is 2.39. The maximum atomic E-state index is 13.8. The molecule has 0 bridgehead atoms. The summed E-state index contributed by atoms with van der Waals surface area (Å²) in [5.41, 5.74) is 0.542. The summed E-state index contributed by atoms with van der Waals surface area (Å²) in [5.74, 6) is 0.211. The maximum absolute atomic E-state index is 13.8. The molecule has 2 aliphatic rings. The standard InChI is InChI=1S/C25H29F3N6O3S/c1-38(35,36)23-21(25(26,27)28)7-6-20(22(23)24-30-32-33-31-24)18-4-2-16(3-5-18)17-8-11-34(12-9-17)15-19-14-29-10-13-37-19/h2-7,17,19,29H,8-15H2,1H3,(H,30,31,32,33)/t19-/m0/s1. The molecular formula is C25H29F3N6O3S. The van der Waals surface area contributed by atoms with E-state index in [0.29, 0.717) is 17.0 Å². The number of piperidine rings is 1. The van der Waals surface area contributed by atoms with Gasteiger partial charge in [0.05, 0.1) is 23.2 Å². The summed E-state index contributed by atoms with van der Waals surface area (Å²) in [5, 5.41) is 16.4. The molecule has 0 aliphatic carbocycles. The molecule has 204 valence electrons. The quantitative estimate of drug-likeness (QED) is 0.482. The van der Waals surface area contributed by atoms with Crippen LogP contribution in [0.2, 0.25) is 0 Å². The first-order chi connectivity index (χ1) is 18.1. The monoisotopic (exact) mass is 550 g/mol. The fourth-order valence-corrected chi connectivity index (χ4v) is 6.50. The van der Waals surface area contributed by atoms with Gasteiger partial charge in [0.15, 0.2) is 15.7 Å². The van der Waals surface area contributed by atoms with Gasteiger partial charge in [0, 0.05) is 31.5 Å². The van der Waals surface area contributed by atoms with E-state index in [1.807, 2.05) is 24.3 Å². The van der Waals surface area contributed by atoms with Crippen molar-refractivity contribution in [3.05, 3.63) is 47.5 Å². The van der Waals surface area contributed by atoms with E-state index in [0.717, 1.165) is 70.1 Å². The summed E-state index contributed by atoms with van der Waals surface area (Å²) in [6, 6.07) is 9.61. The van der Waals surface area contributed by atoms with Crippen molar-refractivity contribution in [3.8, 4) is 22.5 Å². The number of benzene rings is 2. The molecule has 3 aromatic rings. The molecule has 1 aromatic heterocycles. The van der Waals surface area contributed by atoms with E-state index in [9.17, 15) is 21.6 Å². The van der Waals surface area contributed by atoms with Crippen molar-refractivity contribution in [1.29, 1.82) is 0 Å². The first-order valence-electron chi connectivity index (χ1n) is 12.4. The van der Waals surface area contributed by atoms with Crippen LogP contribution in [-0.2, 0) is 20.8 Å². The van der Waals surface area contributed by atoms with Crippen LogP contribution in [0.1, 0.15) is 29.9 Å². The van der Waals surface area contributed by atoms with Crippen LogP contribution >= 0.6 is 0 Å². The smallest absolute Gasteiger partial charge is 0.374 e. The first kappa shape index (κ1) is 26.7. The van der Waals surface area contributed by atoms with Crippen LogP contribution in [0.3, 0.4) is 0 Å². The number of sulfone groups is 1. The topological polar surface area (TPSA) is 113 Å². The van der Waals surface area contributed by atoms with Crippen molar-refractivity contribution < 1.29 is 26.3 Å². The summed E-state index contributed by atoms with van der Waals surface area (Å²) < 4.78 is 72.5. The first-order valence-corrected chi connectivity index (χ1v) is 14.3. The SMILES string of the molecule is CS(=O)(=O)c1c(C(F)(F)F)ccc(-c2ccc(C3CCN(C[C@@H]4CNCCO4)CC3)cc2)c1-c1nnn[nH]1. The largest absolute Gasteiger partial charge is 0.417 e. The van der Waals surface area contributed by atoms with Gasteiger partial charge >= 0.3 is 6.18 Å². The van der Waals surface area contributed by atoms with Gasteiger partial charge in [0.25, 0.3) is 0 Å². The third kappa shape index (κ3) is 5.75. The molecule has 1 atom stereocenters. The minimum atomic E-state index is -4.88. The zero-order chi connectivity index (χ0) is 26.9. The molecule has 0 unspecified atom stereocenters. The molecule has 0 radical (unpaired) electrons. The van der Waals surface area contributed by atoms with Gasteiger partial charge < -0.3 is 15.0 Å². The molecule has 0 spiro atoms. The minimum absolute atomic E-state index is 0.153. The number of morpholine rings is 1. The Morgan fingerprint density at radius 1 is 1.11 bits per heavy atom. The minimum Gasteiger partial charge on any atom is -0.374 e. The van der Waals surface area contributed by atoms with E-state index in [1.54, 1.807) is 0 Å². The Morgan fingerprint density at radius 2 is 1.84 bits per heavy atom. The van der Waals surface area contributed by atoms with E-state index < -0.39 is 26.5 Å². The second kappa shape index (κ2) is 10.7. The Kier molecular flexibility index (Phi) is 7.54. The third-order valence-corrected chi connectivity index (χ3v) is 8.33. The van der Waals surface area contributed by atoms with E-state index in [2.05, 4.69) is 30.8 Å². The Balaban J connectivity index is 1.41. The molecule has 2 fully saturated rings. The van der Waals surface area contributed by atoms with E-state index >= 15 is 0 Å². The van der Waals surface area contributed by atoms with Gasteiger partial charge in [-0.2, -0.15) is 13.2 Å².